The molecule has 3 rings (SSSR count). The van der Waals surface area contributed by atoms with Gasteiger partial charge >= 0.3 is 0 Å². The zero-order chi connectivity index (χ0) is 14.5. The van der Waals surface area contributed by atoms with Crippen molar-refractivity contribution in [1.29, 1.82) is 0 Å². The highest BCUT2D eigenvalue weighted by atomic mass is 16.5. The molecule has 1 heterocycles. The van der Waals surface area contributed by atoms with Crippen LogP contribution in [-0.4, -0.2) is 22.7 Å². The van der Waals surface area contributed by atoms with Crippen LogP contribution in [0.2, 0.25) is 0 Å². The van der Waals surface area contributed by atoms with Gasteiger partial charge in [0.1, 0.15) is 0 Å². The standard InChI is InChI=1S/C17H23N3O/c1-2-16-19-17(21-20-16)14-9-7-13(8-10-14)11-12-18-15-5-3-4-6-15/h7-10,15,18H,2-6,11-12H2,1H3. The Labute approximate surface area is 126 Å². The van der Waals surface area contributed by atoms with Crippen molar-refractivity contribution in [3.8, 4) is 11.5 Å². The van der Waals surface area contributed by atoms with Gasteiger partial charge in [-0.25, -0.2) is 0 Å². The molecule has 21 heavy (non-hydrogen) atoms. The third kappa shape index (κ3) is 3.70. The van der Waals surface area contributed by atoms with Gasteiger partial charge in [-0.3, -0.25) is 0 Å². The SMILES string of the molecule is CCc1noc(-c2ccc(CCNC3CCCC3)cc2)n1. The monoisotopic (exact) mass is 285 g/mol. The normalized spacial score (nSPS) is 15.7. The number of nitrogens with zero attached hydrogens (tertiary/aromatic N) is 2. The van der Waals surface area contributed by atoms with Crippen molar-refractivity contribution in [2.75, 3.05) is 6.54 Å². The summed E-state index contributed by atoms with van der Waals surface area (Å²) in [5.74, 6) is 1.37. The average molecular weight is 285 g/mol. The third-order valence-corrected chi connectivity index (χ3v) is 4.19. The Balaban J connectivity index is 1.53. The zero-order valence-electron chi connectivity index (χ0n) is 12.6. The van der Waals surface area contributed by atoms with E-state index < -0.39 is 0 Å². The van der Waals surface area contributed by atoms with Crippen LogP contribution in [0.1, 0.15) is 44.0 Å². The van der Waals surface area contributed by atoms with Gasteiger partial charge in [0, 0.05) is 18.0 Å². The van der Waals surface area contributed by atoms with Crippen molar-refractivity contribution >= 4 is 0 Å². The van der Waals surface area contributed by atoms with Crippen LogP contribution in [0.4, 0.5) is 0 Å². The number of benzene rings is 1. The van der Waals surface area contributed by atoms with E-state index in [1.54, 1.807) is 0 Å². The van der Waals surface area contributed by atoms with Crippen LogP contribution < -0.4 is 5.32 Å². The minimum absolute atomic E-state index is 0.613. The molecule has 0 atom stereocenters. The van der Waals surface area contributed by atoms with Gasteiger partial charge in [-0.2, -0.15) is 4.98 Å². The number of aryl methyl sites for hydroxylation is 1. The van der Waals surface area contributed by atoms with Crippen LogP contribution in [0.3, 0.4) is 0 Å². The Hall–Kier alpha value is -1.68. The summed E-state index contributed by atoms with van der Waals surface area (Å²) in [7, 11) is 0. The summed E-state index contributed by atoms with van der Waals surface area (Å²) in [4.78, 5) is 4.35. The fourth-order valence-electron chi connectivity index (χ4n) is 2.88. The van der Waals surface area contributed by atoms with Gasteiger partial charge in [0.15, 0.2) is 5.82 Å². The highest BCUT2D eigenvalue weighted by Crippen LogP contribution is 2.19. The molecule has 1 aromatic heterocycles. The van der Waals surface area contributed by atoms with E-state index in [0.717, 1.165) is 36.8 Å². The Morgan fingerprint density at radius 3 is 2.62 bits per heavy atom. The Morgan fingerprint density at radius 2 is 1.95 bits per heavy atom. The second-order valence-corrected chi connectivity index (χ2v) is 5.75. The first-order valence-electron chi connectivity index (χ1n) is 8.00. The summed E-state index contributed by atoms with van der Waals surface area (Å²) in [6, 6.07) is 9.19. The molecule has 1 N–H and O–H groups in total. The van der Waals surface area contributed by atoms with Crippen LogP contribution in [0.5, 0.6) is 0 Å². The van der Waals surface area contributed by atoms with E-state index in [2.05, 4.69) is 39.7 Å². The molecule has 0 amide bonds. The van der Waals surface area contributed by atoms with Gasteiger partial charge in [0.2, 0.25) is 0 Å². The van der Waals surface area contributed by atoms with E-state index in [0.29, 0.717) is 5.89 Å². The van der Waals surface area contributed by atoms with Gasteiger partial charge < -0.3 is 9.84 Å². The summed E-state index contributed by atoms with van der Waals surface area (Å²) in [5.41, 5.74) is 2.34. The van der Waals surface area contributed by atoms with E-state index in [4.69, 9.17) is 4.52 Å². The number of hydrogen-bond donors (Lipinski definition) is 1. The number of hydrogen-bond acceptors (Lipinski definition) is 4. The van der Waals surface area contributed by atoms with Gasteiger partial charge in [0.05, 0.1) is 0 Å². The summed E-state index contributed by atoms with van der Waals surface area (Å²) >= 11 is 0. The first-order valence-corrected chi connectivity index (χ1v) is 8.00. The minimum atomic E-state index is 0.613. The quantitative estimate of drug-likeness (QED) is 0.884. The van der Waals surface area contributed by atoms with Crippen molar-refractivity contribution in [1.82, 2.24) is 15.5 Å². The van der Waals surface area contributed by atoms with Gasteiger partial charge in [-0.15, -0.1) is 0 Å². The first-order chi connectivity index (χ1) is 10.3. The Bertz CT molecular complexity index is 556. The molecule has 4 heteroatoms. The average Bonchev–Trinajstić information content (AvgIpc) is 3.19. The maximum Gasteiger partial charge on any atom is 0.257 e. The maximum atomic E-state index is 5.26. The molecular weight excluding hydrogens is 262 g/mol. The van der Waals surface area contributed by atoms with Gasteiger partial charge in [-0.1, -0.05) is 37.1 Å². The molecule has 1 aliphatic rings. The molecule has 4 nitrogen and oxygen atoms in total. The molecule has 0 bridgehead atoms. The first kappa shape index (κ1) is 14.3. The van der Waals surface area contributed by atoms with Crippen molar-refractivity contribution in [3.63, 3.8) is 0 Å². The summed E-state index contributed by atoms with van der Waals surface area (Å²) in [5, 5.41) is 7.58. The highest BCUT2D eigenvalue weighted by molar-refractivity contribution is 5.53. The zero-order valence-corrected chi connectivity index (χ0v) is 12.6. The van der Waals surface area contributed by atoms with E-state index in [1.165, 1.54) is 31.2 Å². The minimum Gasteiger partial charge on any atom is -0.334 e. The van der Waals surface area contributed by atoms with Gasteiger partial charge in [-0.05, 0) is 43.5 Å². The molecule has 1 saturated carbocycles. The molecule has 0 spiro atoms. The molecule has 0 unspecified atom stereocenters. The molecule has 0 aliphatic heterocycles. The Kier molecular flexibility index (Phi) is 4.65. The molecule has 1 fully saturated rings. The molecule has 1 aliphatic carbocycles. The highest BCUT2D eigenvalue weighted by Gasteiger charge is 2.13. The summed E-state index contributed by atoms with van der Waals surface area (Å²) < 4.78 is 5.26. The second kappa shape index (κ2) is 6.85. The van der Waals surface area contributed by atoms with E-state index in [1.807, 2.05) is 6.92 Å². The van der Waals surface area contributed by atoms with Crippen LogP contribution in [0.15, 0.2) is 28.8 Å². The summed E-state index contributed by atoms with van der Waals surface area (Å²) in [6.07, 6.45) is 7.33. The molecular formula is C17H23N3O. The number of aromatic nitrogens is 2. The number of nitrogens with one attached hydrogen (secondary N) is 1. The third-order valence-electron chi connectivity index (χ3n) is 4.19. The van der Waals surface area contributed by atoms with E-state index in [-0.39, 0.29) is 0 Å². The van der Waals surface area contributed by atoms with Crippen LogP contribution in [0.25, 0.3) is 11.5 Å². The van der Waals surface area contributed by atoms with Gasteiger partial charge in [0.25, 0.3) is 5.89 Å². The second-order valence-electron chi connectivity index (χ2n) is 5.75. The van der Waals surface area contributed by atoms with E-state index in [9.17, 15) is 0 Å². The Morgan fingerprint density at radius 1 is 1.19 bits per heavy atom. The molecule has 1 aromatic carbocycles. The van der Waals surface area contributed by atoms with Crippen molar-refractivity contribution in [3.05, 3.63) is 35.7 Å². The lowest BCUT2D eigenvalue weighted by molar-refractivity contribution is 0.423. The van der Waals surface area contributed by atoms with Crippen molar-refractivity contribution < 1.29 is 4.52 Å². The van der Waals surface area contributed by atoms with Crippen LogP contribution in [-0.2, 0) is 12.8 Å². The summed E-state index contributed by atoms with van der Waals surface area (Å²) in [6.45, 7) is 3.08. The number of rotatable bonds is 6. The fraction of sp³-hybridized carbons (Fsp3) is 0.529. The van der Waals surface area contributed by atoms with Crippen molar-refractivity contribution in [2.45, 2.75) is 51.5 Å². The maximum absolute atomic E-state index is 5.26. The lowest BCUT2D eigenvalue weighted by Crippen LogP contribution is -2.27. The smallest absolute Gasteiger partial charge is 0.257 e. The van der Waals surface area contributed by atoms with Crippen molar-refractivity contribution in [2.24, 2.45) is 0 Å². The molecule has 0 radical (unpaired) electrons. The molecule has 112 valence electrons. The molecule has 0 saturated heterocycles. The molecule has 2 aromatic rings. The lowest BCUT2D eigenvalue weighted by atomic mass is 10.1. The van der Waals surface area contributed by atoms with Crippen LogP contribution >= 0.6 is 0 Å². The predicted octanol–water partition coefficient (Wildman–Crippen LogP) is 3.37. The predicted molar refractivity (Wildman–Crippen MR) is 83.1 cm³/mol. The topological polar surface area (TPSA) is 51.0 Å². The van der Waals surface area contributed by atoms with E-state index >= 15 is 0 Å². The van der Waals surface area contributed by atoms with Crippen LogP contribution in [0, 0.1) is 0 Å². The largest absolute Gasteiger partial charge is 0.334 e. The lowest BCUT2D eigenvalue weighted by Gasteiger charge is -2.11. The fourth-order valence-corrected chi connectivity index (χ4v) is 2.88.